The van der Waals surface area contributed by atoms with Gasteiger partial charge in [0.1, 0.15) is 0 Å². The Hall–Kier alpha value is -1.30. The number of aliphatic hydroxyl groups is 1. The number of amides is 2. The molecule has 1 saturated heterocycles. The number of carboxylic acids is 1. The lowest BCUT2D eigenvalue weighted by atomic mass is 9.94. The highest BCUT2D eigenvalue weighted by molar-refractivity contribution is 5.74. The van der Waals surface area contributed by atoms with E-state index < -0.39 is 5.97 Å². The zero-order chi connectivity index (χ0) is 16.0. The highest BCUT2D eigenvalue weighted by Crippen LogP contribution is 2.17. The zero-order valence-corrected chi connectivity index (χ0v) is 13.2. The van der Waals surface area contributed by atoms with E-state index in [1.165, 1.54) is 0 Å². The van der Waals surface area contributed by atoms with Crippen LogP contribution < -0.4 is 5.32 Å². The third-order valence-electron chi connectivity index (χ3n) is 3.96. The molecule has 0 aromatic heterocycles. The standard InChI is InChI=1S/C15H28N2O4/c1-10(2)6-12(7-14(19)20)8-16-15(21)17-5-4-13(18)11(3)9-17/h10-13,18H,4-9H2,1-3H3,(H,16,21)(H,19,20). The molecule has 122 valence electrons. The summed E-state index contributed by atoms with van der Waals surface area (Å²) in [5, 5.41) is 21.4. The van der Waals surface area contributed by atoms with E-state index in [0.29, 0.717) is 32.0 Å². The molecule has 3 unspecified atom stereocenters. The molecule has 6 heteroatoms. The first-order valence-corrected chi connectivity index (χ1v) is 7.72. The molecule has 0 aromatic rings. The molecular formula is C15H28N2O4. The molecular weight excluding hydrogens is 272 g/mol. The molecule has 1 heterocycles. The number of carbonyl (C=O) groups excluding carboxylic acids is 1. The fourth-order valence-electron chi connectivity index (χ4n) is 2.81. The molecule has 0 aliphatic carbocycles. The predicted molar refractivity (Wildman–Crippen MR) is 80.0 cm³/mol. The number of aliphatic carboxylic acids is 1. The predicted octanol–water partition coefficient (Wildman–Crippen LogP) is 1.54. The number of aliphatic hydroxyl groups excluding tert-OH is 1. The van der Waals surface area contributed by atoms with E-state index >= 15 is 0 Å². The summed E-state index contributed by atoms with van der Waals surface area (Å²) in [6, 6.07) is -0.159. The van der Waals surface area contributed by atoms with Crippen LogP contribution in [0.15, 0.2) is 0 Å². The first kappa shape index (κ1) is 17.8. The van der Waals surface area contributed by atoms with Crippen LogP contribution in [0.2, 0.25) is 0 Å². The van der Waals surface area contributed by atoms with Crippen molar-refractivity contribution in [2.24, 2.45) is 17.8 Å². The molecule has 1 aliphatic rings. The van der Waals surface area contributed by atoms with Crippen LogP contribution in [0.3, 0.4) is 0 Å². The Kier molecular flexibility index (Phi) is 6.95. The van der Waals surface area contributed by atoms with Crippen LogP contribution in [0.5, 0.6) is 0 Å². The molecule has 2 amide bonds. The smallest absolute Gasteiger partial charge is 0.317 e. The molecule has 1 rings (SSSR count). The Balaban J connectivity index is 2.43. The van der Waals surface area contributed by atoms with Crippen LogP contribution in [-0.2, 0) is 4.79 Å². The number of piperidine rings is 1. The molecule has 1 aliphatic heterocycles. The second-order valence-electron chi connectivity index (χ2n) is 6.56. The summed E-state index contributed by atoms with van der Waals surface area (Å²) in [5.74, 6) is -0.393. The van der Waals surface area contributed by atoms with Crippen molar-refractivity contribution in [3.8, 4) is 0 Å². The summed E-state index contributed by atoms with van der Waals surface area (Å²) in [5.41, 5.74) is 0. The molecule has 6 nitrogen and oxygen atoms in total. The number of carboxylic acid groups (broad SMARTS) is 1. The average Bonchev–Trinajstić information content (AvgIpc) is 2.37. The van der Waals surface area contributed by atoms with Crippen molar-refractivity contribution in [3.05, 3.63) is 0 Å². The number of nitrogens with zero attached hydrogens (tertiary/aromatic N) is 1. The fourth-order valence-corrected chi connectivity index (χ4v) is 2.81. The van der Waals surface area contributed by atoms with E-state index in [0.717, 1.165) is 6.42 Å². The van der Waals surface area contributed by atoms with E-state index in [1.54, 1.807) is 4.90 Å². The summed E-state index contributed by atoms with van der Waals surface area (Å²) in [7, 11) is 0. The molecule has 3 N–H and O–H groups in total. The van der Waals surface area contributed by atoms with Gasteiger partial charge in [0, 0.05) is 26.1 Å². The van der Waals surface area contributed by atoms with Crippen LogP contribution in [0, 0.1) is 17.8 Å². The van der Waals surface area contributed by atoms with E-state index in [4.69, 9.17) is 5.11 Å². The highest BCUT2D eigenvalue weighted by Gasteiger charge is 2.27. The van der Waals surface area contributed by atoms with Gasteiger partial charge in [0.25, 0.3) is 0 Å². The van der Waals surface area contributed by atoms with Crippen molar-refractivity contribution in [2.45, 2.75) is 46.1 Å². The van der Waals surface area contributed by atoms with Crippen LogP contribution in [-0.4, -0.2) is 52.9 Å². The van der Waals surface area contributed by atoms with Crippen molar-refractivity contribution < 1.29 is 19.8 Å². The Bertz CT molecular complexity index is 360. The zero-order valence-electron chi connectivity index (χ0n) is 13.2. The van der Waals surface area contributed by atoms with Crippen LogP contribution in [0.1, 0.15) is 40.0 Å². The van der Waals surface area contributed by atoms with Crippen molar-refractivity contribution in [3.63, 3.8) is 0 Å². The minimum Gasteiger partial charge on any atom is -0.481 e. The number of likely N-dealkylation sites (tertiary alicyclic amines) is 1. The lowest BCUT2D eigenvalue weighted by molar-refractivity contribution is -0.138. The van der Waals surface area contributed by atoms with Gasteiger partial charge in [-0.15, -0.1) is 0 Å². The number of urea groups is 1. The molecule has 0 aromatic carbocycles. The van der Waals surface area contributed by atoms with Crippen LogP contribution in [0.25, 0.3) is 0 Å². The number of nitrogens with one attached hydrogen (secondary N) is 1. The minimum atomic E-state index is -0.829. The lowest BCUT2D eigenvalue weighted by Crippen LogP contribution is -2.49. The summed E-state index contributed by atoms with van der Waals surface area (Å²) >= 11 is 0. The monoisotopic (exact) mass is 300 g/mol. The van der Waals surface area contributed by atoms with Gasteiger partial charge >= 0.3 is 12.0 Å². The Morgan fingerprint density at radius 2 is 2.05 bits per heavy atom. The lowest BCUT2D eigenvalue weighted by Gasteiger charge is -2.34. The second-order valence-corrected chi connectivity index (χ2v) is 6.56. The molecule has 3 atom stereocenters. The maximum absolute atomic E-state index is 12.1. The molecule has 21 heavy (non-hydrogen) atoms. The van der Waals surface area contributed by atoms with E-state index in [-0.39, 0.29) is 30.4 Å². The minimum absolute atomic E-state index is 0.0424. The molecule has 0 bridgehead atoms. The maximum Gasteiger partial charge on any atom is 0.317 e. The number of rotatable bonds is 6. The average molecular weight is 300 g/mol. The quantitative estimate of drug-likeness (QED) is 0.694. The molecule has 0 spiro atoms. The van der Waals surface area contributed by atoms with Crippen LogP contribution >= 0.6 is 0 Å². The van der Waals surface area contributed by atoms with Gasteiger partial charge in [-0.05, 0) is 30.6 Å². The molecule has 0 radical (unpaired) electrons. The summed E-state index contributed by atoms with van der Waals surface area (Å²) in [4.78, 5) is 24.7. The van der Waals surface area contributed by atoms with Gasteiger partial charge < -0.3 is 20.4 Å². The Morgan fingerprint density at radius 1 is 1.38 bits per heavy atom. The van der Waals surface area contributed by atoms with Gasteiger partial charge in [-0.1, -0.05) is 20.8 Å². The normalized spacial score (nSPS) is 24.0. The molecule has 0 saturated carbocycles. The van der Waals surface area contributed by atoms with Crippen molar-refractivity contribution >= 4 is 12.0 Å². The first-order valence-electron chi connectivity index (χ1n) is 7.72. The fraction of sp³-hybridized carbons (Fsp3) is 0.867. The van der Waals surface area contributed by atoms with Crippen LogP contribution in [0.4, 0.5) is 4.79 Å². The number of hydrogen-bond donors (Lipinski definition) is 3. The van der Waals surface area contributed by atoms with Crippen molar-refractivity contribution in [1.82, 2.24) is 10.2 Å². The summed E-state index contributed by atoms with van der Waals surface area (Å²) in [6.07, 6.45) is 1.11. The van der Waals surface area contributed by atoms with E-state index in [9.17, 15) is 14.7 Å². The number of hydrogen-bond acceptors (Lipinski definition) is 3. The summed E-state index contributed by atoms with van der Waals surface area (Å²) < 4.78 is 0. The highest BCUT2D eigenvalue weighted by atomic mass is 16.4. The van der Waals surface area contributed by atoms with Gasteiger partial charge in [-0.3, -0.25) is 4.79 Å². The first-order chi connectivity index (χ1) is 9.79. The molecule has 1 fully saturated rings. The second kappa shape index (κ2) is 8.22. The van der Waals surface area contributed by atoms with Gasteiger partial charge in [0.2, 0.25) is 0 Å². The summed E-state index contributed by atoms with van der Waals surface area (Å²) in [6.45, 7) is 7.49. The maximum atomic E-state index is 12.1. The van der Waals surface area contributed by atoms with E-state index in [2.05, 4.69) is 5.32 Å². The van der Waals surface area contributed by atoms with Gasteiger partial charge in [-0.25, -0.2) is 4.79 Å². The van der Waals surface area contributed by atoms with Crippen molar-refractivity contribution in [2.75, 3.05) is 19.6 Å². The number of carbonyl (C=O) groups is 2. The third-order valence-corrected chi connectivity index (χ3v) is 3.96. The topological polar surface area (TPSA) is 89.9 Å². The van der Waals surface area contributed by atoms with Gasteiger partial charge in [-0.2, -0.15) is 0 Å². The third kappa shape index (κ3) is 6.33. The van der Waals surface area contributed by atoms with Crippen molar-refractivity contribution in [1.29, 1.82) is 0 Å². The van der Waals surface area contributed by atoms with Gasteiger partial charge in [0.05, 0.1) is 6.10 Å². The van der Waals surface area contributed by atoms with Gasteiger partial charge in [0.15, 0.2) is 0 Å². The largest absolute Gasteiger partial charge is 0.481 e. The van der Waals surface area contributed by atoms with E-state index in [1.807, 2.05) is 20.8 Å². The SMILES string of the molecule is CC(C)CC(CNC(=O)N1CCC(O)C(C)C1)CC(=O)O. The Morgan fingerprint density at radius 3 is 2.57 bits per heavy atom. The Labute approximate surface area is 126 Å².